The second-order valence-electron chi connectivity index (χ2n) is 5.18. The van der Waals surface area contributed by atoms with Crippen molar-refractivity contribution in [3.63, 3.8) is 0 Å². The van der Waals surface area contributed by atoms with Crippen molar-refractivity contribution in [2.24, 2.45) is 0 Å². The molecule has 2 rings (SSSR count). The standard InChI is InChI=1S/C18H19NO2S/c1-3-7-17(16-8-5-4-6-9-16)14-19-22(20,21)18-12-10-15(2)11-13-18/h1,4-6,8-13,17,19H,7,14H2,2H3. The smallest absolute Gasteiger partial charge is 0.211 e. The van der Waals surface area contributed by atoms with Crippen LogP contribution in [-0.4, -0.2) is 15.0 Å². The lowest BCUT2D eigenvalue weighted by Gasteiger charge is -2.16. The van der Waals surface area contributed by atoms with Gasteiger partial charge in [0.1, 0.15) is 0 Å². The number of aryl methyl sites for hydroxylation is 1. The van der Waals surface area contributed by atoms with E-state index in [-0.39, 0.29) is 17.4 Å². The molecule has 0 radical (unpaired) electrons. The van der Waals surface area contributed by atoms with Gasteiger partial charge >= 0.3 is 0 Å². The van der Waals surface area contributed by atoms with E-state index in [9.17, 15) is 8.42 Å². The zero-order valence-electron chi connectivity index (χ0n) is 12.5. The Labute approximate surface area is 132 Å². The van der Waals surface area contributed by atoms with E-state index in [1.54, 1.807) is 24.3 Å². The molecule has 3 nitrogen and oxygen atoms in total. The molecule has 4 heteroatoms. The van der Waals surface area contributed by atoms with Crippen LogP contribution in [0.5, 0.6) is 0 Å². The minimum atomic E-state index is -3.52. The van der Waals surface area contributed by atoms with Crippen LogP contribution >= 0.6 is 0 Å². The van der Waals surface area contributed by atoms with Gasteiger partial charge in [-0.05, 0) is 24.6 Å². The highest BCUT2D eigenvalue weighted by Gasteiger charge is 2.17. The van der Waals surface area contributed by atoms with Gasteiger partial charge in [0, 0.05) is 18.9 Å². The first kappa shape index (κ1) is 16.3. The third kappa shape index (κ3) is 4.20. The monoisotopic (exact) mass is 313 g/mol. The van der Waals surface area contributed by atoms with Gasteiger partial charge in [0.25, 0.3) is 0 Å². The molecule has 0 bridgehead atoms. The molecule has 0 saturated carbocycles. The maximum absolute atomic E-state index is 12.3. The topological polar surface area (TPSA) is 46.2 Å². The van der Waals surface area contributed by atoms with Gasteiger partial charge in [-0.1, -0.05) is 48.0 Å². The fourth-order valence-corrected chi connectivity index (χ4v) is 3.27. The average molecular weight is 313 g/mol. The molecule has 1 unspecified atom stereocenters. The number of rotatable bonds is 6. The third-order valence-electron chi connectivity index (χ3n) is 3.49. The molecule has 0 fully saturated rings. The molecule has 114 valence electrons. The number of benzene rings is 2. The van der Waals surface area contributed by atoms with Crippen molar-refractivity contribution >= 4 is 10.0 Å². The largest absolute Gasteiger partial charge is 0.240 e. The van der Waals surface area contributed by atoms with Gasteiger partial charge in [-0.3, -0.25) is 0 Å². The van der Waals surface area contributed by atoms with Gasteiger partial charge in [0.05, 0.1) is 4.90 Å². The lowest BCUT2D eigenvalue weighted by atomic mass is 9.96. The Kier molecular flexibility index (Phi) is 5.37. The molecular weight excluding hydrogens is 294 g/mol. The molecule has 0 aliphatic heterocycles. The second-order valence-corrected chi connectivity index (χ2v) is 6.95. The van der Waals surface area contributed by atoms with Gasteiger partial charge in [-0.15, -0.1) is 12.3 Å². The van der Waals surface area contributed by atoms with E-state index in [0.29, 0.717) is 6.42 Å². The van der Waals surface area contributed by atoms with Crippen LogP contribution in [0.3, 0.4) is 0 Å². The molecular formula is C18H19NO2S. The van der Waals surface area contributed by atoms with Crippen LogP contribution in [0.2, 0.25) is 0 Å². The van der Waals surface area contributed by atoms with Gasteiger partial charge < -0.3 is 0 Å². The summed E-state index contributed by atoms with van der Waals surface area (Å²) in [6.45, 7) is 2.20. The number of sulfonamides is 1. The molecule has 1 atom stereocenters. The van der Waals surface area contributed by atoms with Crippen molar-refractivity contribution in [3.05, 3.63) is 65.7 Å². The summed E-state index contributed by atoms with van der Waals surface area (Å²) in [4.78, 5) is 0.269. The van der Waals surface area contributed by atoms with Crippen molar-refractivity contribution in [2.45, 2.75) is 24.2 Å². The minimum absolute atomic E-state index is 0.0357. The normalized spacial score (nSPS) is 12.5. The molecule has 0 spiro atoms. The second kappa shape index (κ2) is 7.26. The van der Waals surface area contributed by atoms with Crippen LogP contribution in [0, 0.1) is 19.3 Å². The fraction of sp³-hybridized carbons (Fsp3) is 0.222. The zero-order valence-corrected chi connectivity index (χ0v) is 13.3. The maximum Gasteiger partial charge on any atom is 0.240 e. The summed E-state index contributed by atoms with van der Waals surface area (Å²) in [5.41, 5.74) is 2.06. The van der Waals surface area contributed by atoms with Crippen molar-refractivity contribution in [2.75, 3.05) is 6.54 Å². The quantitative estimate of drug-likeness (QED) is 0.833. The van der Waals surface area contributed by atoms with Crippen molar-refractivity contribution in [1.82, 2.24) is 4.72 Å². The summed E-state index contributed by atoms with van der Waals surface area (Å²) < 4.78 is 27.3. The predicted molar refractivity (Wildman–Crippen MR) is 89.0 cm³/mol. The fourth-order valence-electron chi connectivity index (χ4n) is 2.19. The van der Waals surface area contributed by atoms with Crippen LogP contribution in [0.15, 0.2) is 59.5 Å². The average Bonchev–Trinajstić information content (AvgIpc) is 2.53. The van der Waals surface area contributed by atoms with Crippen molar-refractivity contribution in [1.29, 1.82) is 0 Å². The predicted octanol–water partition coefficient (Wildman–Crippen LogP) is 3.08. The Bertz CT molecular complexity index is 744. The summed E-state index contributed by atoms with van der Waals surface area (Å²) in [5.74, 6) is 2.58. The van der Waals surface area contributed by atoms with Crippen LogP contribution < -0.4 is 4.72 Å². The van der Waals surface area contributed by atoms with Gasteiger partial charge in [0.15, 0.2) is 0 Å². The highest BCUT2D eigenvalue weighted by atomic mass is 32.2. The molecule has 0 aliphatic rings. The summed E-state index contributed by atoms with van der Waals surface area (Å²) in [6.07, 6.45) is 5.89. The summed E-state index contributed by atoms with van der Waals surface area (Å²) in [6, 6.07) is 16.5. The first-order chi connectivity index (χ1) is 10.5. The SMILES string of the molecule is C#CCC(CNS(=O)(=O)c1ccc(C)cc1)c1ccccc1. The Morgan fingerprint density at radius 1 is 1.09 bits per heavy atom. The van der Waals surface area contributed by atoms with E-state index in [1.165, 1.54) is 0 Å². The van der Waals surface area contributed by atoms with Crippen molar-refractivity contribution < 1.29 is 8.42 Å². The van der Waals surface area contributed by atoms with Crippen molar-refractivity contribution in [3.8, 4) is 12.3 Å². The molecule has 0 aromatic heterocycles. The molecule has 0 aliphatic carbocycles. The van der Waals surface area contributed by atoms with Crippen LogP contribution in [-0.2, 0) is 10.0 Å². The van der Waals surface area contributed by atoms with E-state index in [0.717, 1.165) is 11.1 Å². The number of terminal acetylenes is 1. The van der Waals surface area contributed by atoms with Crippen LogP contribution in [0.4, 0.5) is 0 Å². The lowest BCUT2D eigenvalue weighted by Crippen LogP contribution is -2.28. The Morgan fingerprint density at radius 2 is 1.73 bits per heavy atom. The molecule has 2 aromatic carbocycles. The van der Waals surface area contributed by atoms with E-state index in [2.05, 4.69) is 10.6 Å². The third-order valence-corrected chi connectivity index (χ3v) is 4.93. The lowest BCUT2D eigenvalue weighted by molar-refractivity contribution is 0.571. The number of hydrogen-bond acceptors (Lipinski definition) is 2. The zero-order chi connectivity index (χ0) is 16.0. The van der Waals surface area contributed by atoms with E-state index in [4.69, 9.17) is 6.42 Å². The maximum atomic E-state index is 12.3. The molecule has 0 amide bonds. The summed E-state index contributed by atoms with van der Waals surface area (Å²) in [7, 11) is -3.52. The highest BCUT2D eigenvalue weighted by molar-refractivity contribution is 7.89. The van der Waals surface area contributed by atoms with E-state index < -0.39 is 10.0 Å². The molecule has 22 heavy (non-hydrogen) atoms. The summed E-state index contributed by atoms with van der Waals surface area (Å²) >= 11 is 0. The minimum Gasteiger partial charge on any atom is -0.211 e. The number of nitrogens with one attached hydrogen (secondary N) is 1. The highest BCUT2D eigenvalue weighted by Crippen LogP contribution is 2.19. The summed E-state index contributed by atoms with van der Waals surface area (Å²) in [5, 5.41) is 0. The van der Waals surface area contributed by atoms with Gasteiger partial charge in [-0.25, -0.2) is 13.1 Å². The van der Waals surface area contributed by atoms with E-state index in [1.807, 2.05) is 37.3 Å². The Morgan fingerprint density at radius 3 is 2.32 bits per heavy atom. The Hall–Kier alpha value is -2.09. The van der Waals surface area contributed by atoms with Gasteiger partial charge in [0.2, 0.25) is 10.0 Å². The molecule has 0 saturated heterocycles. The number of hydrogen-bond donors (Lipinski definition) is 1. The first-order valence-corrected chi connectivity index (χ1v) is 8.56. The van der Waals surface area contributed by atoms with Crippen LogP contribution in [0.1, 0.15) is 23.5 Å². The molecule has 2 aromatic rings. The molecule has 1 N–H and O–H groups in total. The molecule has 0 heterocycles. The Balaban J connectivity index is 2.12. The first-order valence-electron chi connectivity index (χ1n) is 7.07. The van der Waals surface area contributed by atoms with Gasteiger partial charge in [-0.2, -0.15) is 0 Å². The van der Waals surface area contributed by atoms with Crippen LogP contribution in [0.25, 0.3) is 0 Å². The van der Waals surface area contributed by atoms with E-state index >= 15 is 0 Å².